The van der Waals surface area contributed by atoms with E-state index in [-0.39, 0.29) is 10.7 Å². The smallest absolute Gasteiger partial charge is 0.266 e. The number of rotatable bonds is 4. The topological polar surface area (TPSA) is 59.1 Å². The molecule has 2 aliphatic heterocycles. The van der Waals surface area contributed by atoms with Crippen molar-refractivity contribution in [3.63, 3.8) is 0 Å². The van der Waals surface area contributed by atoms with Crippen LogP contribution in [0.25, 0.3) is 0 Å². The molecule has 0 radical (unpaired) electrons. The molecule has 2 fully saturated rings. The Morgan fingerprint density at radius 3 is 2.44 bits per heavy atom. The Morgan fingerprint density at radius 1 is 0.938 bits per heavy atom. The van der Waals surface area contributed by atoms with Crippen LogP contribution in [0.5, 0.6) is 5.75 Å². The van der Waals surface area contributed by atoms with Crippen LogP contribution in [0.2, 0.25) is 5.02 Å². The zero-order chi connectivity index (χ0) is 22.4. The molecular weight excluding hydrogens is 435 g/mol. The molecule has 0 N–H and O–H groups in total. The van der Waals surface area contributed by atoms with Crippen molar-refractivity contribution in [2.45, 2.75) is 12.1 Å². The van der Waals surface area contributed by atoms with Crippen LogP contribution in [-0.2, 0) is 14.4 Å². The Morgan fingerprint density at radius 2 is 1.72 bits per heavy atom. The number of fused-ring (bicyclic) bond motifs is 1. The Labute approximate surface area is 188 Å². The number of hydrogen-bond acceptors (Lipinski definition) is 5. The number of ether oxygens (including phenoxy) is 1. The second-order valence-electron chi connectivity index (χ2n) is 7.54. The highest BCUT2D eigenvalue weighted by molar-refractivity contribution is 6.31. The number of carbonyl (C=O) groups excluding carboxylic acids is 2. The van der Waals surface area contributed by atoms with Gasteiger partial charge in [-0.2, -0.15) is 0 Å². The van der Waals surface area contributed by atoms with E-state index in [4.69, 9.17) is 21.2 Å². The molecule has 8 heteroatoms. The summed E-state index contributed by atoms with van der Waals surface area (Å²) in [5.74, 6) is -1.93. The van der Waals surface area contributed by atoms with Gasteiger partial charge >= 0.3 is 0 Å². The van der Waals surface area contributed by atoms with Crippen LogP contribution in [0.3, 0.4) is 0 Å². The molecule has 6 nitrogen and oxygen atoms in total. The quantitative estimate of drug-likeness (QED) is 0.544. The third-order valence-corrected chi connectivity index (χ3v) is 6.03. The highest BCUT2D eigenvalue weighted by Crippen LogP contribution is 2.48. The number of hydrogen-bond donors (Lipinski definition) is 0. The lowest BCUT2D eigenvalue weighted by molar-refractivity contribution is -0.126. The van der Waals surface area contributed by atoms with E-state index in [1.165, 1.54) is 12.1 Å². The second-order valence-corrected chi connectivity index (χ2v) is 7.95. The highest BCUT2D eigenvalue weighted by atomic mass is 35.5. The normalized spacial score (nSPS) is 22.4. The standard InChI is InChI=1S/C24H18ClFN2O4/c1-31-17-9-5-6-14(12-17)21-20-22(32-28(21)15-7-3-2-4-8-15)24(30)27(23(20)29)16-10-11-18(25)19(26)13-16/h2-13,20-22H,1H3/t20-,21-,22-/m0/s1. The van der Waals surface area contributed by atoms with E-state index in [9.17, 15) is 14.0 Å². The molecule has 32 heavy (non-hydrogen) atoms. The summed E-state index contributed by atoms with van der Waals surface area (Å²) in [6.07, 6.45) is -1.04. The zero-order valence-electron chi connectivity index (χ0n) is 16.9. The third kappa shape index (κ3) is 3.21. The molecule has 0 saturated carbocycles. The Balaban J connectivity index is 1.59. The van der Waals surface area contributed by atoms with Gasteiger partial charge in [-0.15, -0.1) is 0 Å². The average molecular weight is 453 g/mol. The molecule has 2 aliphatic rings. The summed E-state index contributed by atoms with van der Waals surface area (Å²) in [5, 5.41) is 1.51. The molecule has 0 aliphatic carbocycles. The summed E-state index contributed by atoms with van der Waals surface area (Å²) in [6, 6.07) is 19.8. The van der Waals surface area contributed by atoms with Gasteiger partial charge in [0, 0.05) is 0 Å². The zero-order valence-corrected chi connectivity index (χ0v) is 17.7. The average Bonchev–Trinajstić information content (AvgIpc) is 3.32. The van der Waals surface area contributed by atoms with Crippen molar-refractivity contribution in [1.29, 1.82) is 0 Å². The molecule has 2 amide bonds. The maximum atomic E-state index is 14.1. The minimum Gasteiger partial charge on any atom is -0.497 e. The first kappa shape index (κ1) is 20.5. The van der Waals surface area contributed by atoms with Gasteiger partial charge in [-0.25, -0.2) is 14.4 Å². The molecule has 5 rings (SSSR count). The molecular formula is C24H18ClFN2O4. The lowest BCUT2D eigenvalue weighted by Gasteiger charge is -2.29. The van der Waals surface area contributed by atoms with Gasteiger partial charge in [-0.1, -0.05) is 41.9 Å². The summed E-state index contributed by atoms with van der Waals surface area (Å²) < 4.78 is 19.4. The second kappa shape index (κ2) is 7.93. The number of carbonyl (C=O) groups is 2. The number of nitrogens with zero attached hydrogens (tertiary/aromatic N) is 2. The van der Waals surface area contributed by atoms with Gasteiger partial charge in [0.1, 0.15) is 17.5 Å². The summed E-state index contributed by atoms with van der Waals surface area (Å²) in [7, 11) is 1.56. The van der Waals surface area contributed by atoms with Crippen LogP contribution in [0, 0.1) is 11.7 Å². The summed E-state index contributed by atoms with van der Waals surface area (Å²) in [6.45, 7) is 0. The number of amides is 2. The number of para-hydroxylation sites is 1. The lowest BCUT2D eigenvalue weighted by Crippen LogP contribution is -2.37. The molecule has 0 unspecified atom stereocenters. The molecule has 0 spiro atoms. The Hall–Kier alpha value is -3.42. The van der Waals surface area contributed by atoms with Crippen molar-refractivity contribution in [2.75, 3.05) is 17.1 Å². The number of halogens is 2. The number of imide groups is 1. The highest BCUT2D eigenvalue weighted by Gasteiger charge is 2.60. The fourth-order valence-electron chi connectivity index (χ4n) is 4.26. The molecule has 3 aromatic carbocycles. The minimum absolute atomic E-state index is 0.0891. The summed E-state index contributed by atoms with van der Waals surface area (Å²) in [5.41, 5.74) is 1.58. The van der Waals surface area contributed by atoms with Gasteiger partial charge in [0.2, 0.25) is 5.91 Å². The van der Waals surface area contributed by atoms with E-state index in [1.807, 2.05) is 48.5 Å². The molecule has 2 saturated heterocycles. The molecule has 3 aromatic rings. The SMILES string of the molecule is COc1cccc([C@H]2[C@@H]3C(=O)N(c4ccc(Cl)c(F)c4)C(=O)[C@H]3ON2c2ccccc2)c1. The number of methoxy groups -OCH3 is 1. The van der Waals surface area contributed by atoms with Crippen LogP contribution >= 0.6 is 11.6 Å². The van der Waals surface area contributed by atoms with Crippen molar-refractivity contribution in [2.24, 2.45) is 5.92 Å². The molecule has 0 bridgehead atoms. The molecule has 2 heterocycles. The first-order valence-corrected chi connectivity index (χ1v) is 10.4. The third-order valence-electron chi connectivity index (χ3n) is 5.72. The van der Waals surface area contributed by atoms with Gasteiger partial charge < -0.3 is 4.74 Å². The van der Waals surface area contributed by atoms with Crippen LogP contribution in [0.4, 0.5) is 15.8 Å². The predicted octanol–water partition coefficient (Wildman–Crippen LogP) is 4.54. The van der Waals surface area contributed by atoms with Gasteiger partial charge in [0.15, 0.2) is 6.10 Å². The van der Waals surface area contributed by atoms with Crippen LogP contribution in [0.15, 0.2) is 72.8 Å². The predicted molar refractivity (Wildman–Crippen MR) is 117 cm³/mol. The van der Waals surface area contributed by atoms with Crippen molar-refractivity contribution >= 4 is 34.8 Å². The first-order valence-electron chi connectivity index (χ1n) is 9.97. The Bertz CT molecular complexity index is 1210. The summed E-state index contributed by atoms with van der Waals surface area (Å²) >= 11 is 5.77. The lowest BCUT2D eigenvalue weighted by atomic mass is 9.90. The van der Waals surface area contributed by atoms with Gasteiger partial charge in [0.05, 0.1) is 29.5 Å². The van der Waals surface area contributed by atoms with Crippen LogP contribution in [0.1, 0.15) is 11.6 Å². The van der Waals surface area contributed by atoms with E-state index in [1.54, 1.807) is 18.2 Å². The van der Waals surface area contributed by atoms with E-state index in [0.29, 0.717) is 11.4 Å². The number of anilines is 2. The van der Waals surface area contributed by atoms with Gasteiger partial charge in [-0.05, 0) is 48.0 Å². The largest absolute Gasteiger partial charge is 0.497 e. The monoisotopic (exact) mass is 452 g/mol. The van der Waals surface area contributed by atoms with E-state index < -0.39 is 35.7 Å². The van der Waals surface area contributed by atoms with Gasteiger partial charge in [0.25, 0.3) is 5.91 Å². The Kier molecular flexibility index (Phi) is 5.07. The van der Waals surface area contributed by atoms with Gasteiger partial charge in [-0.3, -0.25) is 14.4 Å². The maximum absolute atomic E-state index is 14.1. The van der Waals surface area contributed by atoms with E-state index in [0.717, 1.165) is 16.5 Å². The van der Waals surface area contributed by atoms with E-state index in [2.05, 4.69) is 0 Å². The first-order chi connectivity index (χ1) is 15.5. The summed E-state index contributed by atoms with van der Waals surface area (Å²) in [4.78, 5) is 33.8. The van der Waals surface area contributed by atoms with Crippen molar-refractivity contribution in [3.05, 3.63) is 89.2 Å². The fourth-order valence-corrected chi connectivity index (χ4v) is 4.37. The number of benzene rings is 3. The number of hydroxylamine groups is 1. The van der Waals surface area contributed by atoms with Crippen molar-refractivity contribution < 1.29 is 23.6 Å². The molecule has 3 atom stereocenters. The maximum Gasteiger partial charge on any atom is 0.266 e. The minimum atomic E-state index is -1.04. The van der Waals surface area contributed by atoms with Crippen LogP contribution in [-0.4, -0.2) is 25.0 Å². The van der Waals surface area contributed by atoms with Crippen molar-refractivity contribution in [3.8, 4) is 5.75 Å². The van der Waals surface area contributed by atoms with Crippen molar-refractivity contribution in [1.82, 2.24) is 0 Å². The molecule has 162 valence electrons. The van der Waals surface area contributed by atoms with Crippen LogP contribution < -0.4 is 14.7 Å². The fraction of sp³-hybridized carbons (Fsp3) is 0.167. The van der Waals surface area contributed by atoms with E-state index >= 15 is 0 Å². The molecule has 0 aromatic heterocycles.